The number of hydrogen-bond donors (Lipinski definition) is 1. The van der Waals surface area contributed by atoms with Gasteiger partial charge in [-0.15, -0.1) is 0 Å². The van der Waals surface area contributed by atoms with Crippen molar-refractivity contribution in [1.29, 1.82) is 0 Å². The van der Waals surface area contributed by atoms with Crippen molar-refractivity contribution < 1.29 is 0 Å². The number of rotatable bonds is 4. The van der Waals surface area contributed by atoms with Crippen LogP contribution in [0, 0.1) is 5.92 Å². The minimum absolute atomic E-state index is 0.453. The maximum absolute atomic E-state index is 3.44. The Kier molecular flexibility index (Phi) is 2.35. The van der Waals surface area contributed by atoms with Gasteiger partial charge >= 0.3 is 0 Å². The van der Waals surface area contributed by atoms with E-state index >= 15 is 0 Å². The zero-order chi connectivity index (χ0) is 7.61. The van der Waals surface area contributed by atoms with Gasteiger partial charge in [0.2, 0.25) is 0 Å². The largest absolute Gasteiger partial charge is 0.314 e. The molecule has 0 aliphatic heterocycles. The van der Waals surface area contributed by atoms with E-state index in [1.54, 1.807) is 0 Å². The van der Waals surface area contributed by atoms with Crippen molar-refractivity contribution in [3.8, 4) is 0 Å². The summed E-state index contributed by atoms with van der Waals surface area (Å²) in [6.07, 6.45) is 5.51. The molecule has 1 N–H and O–H groups in total. The van der Waals surface area contributed by atoms with Crippen LogP contribution in [0.25, 0.3) is 0 Å². The summed E-state index contributed by atoms with van der Waals surface area (Å²) in [4.78, 5) is 0. The molecule has 1 fully saturated rings. The van der Waals surface area contributed by atoms with Crippen LogP contribution in [0.1, 0.15) is 39.5 Å². The van der Waals surface area contributed by atoms with E-state index in [0.29, 0.717) is 5.54 Å². The highest BCUT2D eigenvalue weighted by molar-refractivity contribution is 4.96. The SMILES string of the molecule is CCCC(C)(NC)C1CC1. The molecule has 0 aromatic carbocycles. The molecule has 1 rings (SSSR count). The first-order valence-electron chi connectivity index (χ1n) is 4.42. The molecule has 0 aromatic rings. The average molecular weight is 141 g/mol. The van der Waals surface area contributed by atoms with Crippen molar-refractivity contribution >= 4 is 0 Å². The monoisotopic (exact) mass is 141 g/mol. The first-order valence-corrected chi connectivity index (χ1v) is 4.42. The van der Waals surface area contributed by atoms with E-state index in [9.17, 15) is 0 Å². The van der Waals surface area contributed by atoms with Crippen molar-refractivity contribution in [2.45, 2.75) is 45.1 Å². The molecular formula is C9H19N. The summed E-state index contributed by atoms with van der Waals surface area (Å²) in [5, 5.41) is 3.44. The van der Waals surface area contributed by atoms with Gasteiger partial charge in [-0.05, 0) is 39.2 Å². The quantitative estimate of drug-likeness (QED) is 0.632. The lowest BCUT2D eigenvalue weighted by Crippen LogP contribution is -2.41. The second-order valence-electron chi connectivity index (χ2n) is 3.69. The van der Waals surface area contributed by atoms with Crippen molar-refractivity contribution in [1.82, 2.24) is 5.32 Å². The number of hydrogen-bond acceptors (Lipinski definition) is 1. The second-order valence-corrected chi connectivity index (χ2v) is 3.69. The van der Waals surface area contributed by atoms with Crippen LogP contribution >= 0.6 is 0 Å². The topological polar surface area (TPSA) is 12.0 Å². The van der Waals surface area contributed by atoms with Gasteiger partial charge in [0, 0.05) is 5.54 Å². The van der Waals surface area contributed by atoms with Crippen LogP contribution in [0.5, 0.6) is 0 Å². The summed E-state index contributed by atoms with van der Waals surface area (Å²) in [7, 11) is 2.09. The molecule has 0 amide bonds. The molecule has 1 unspecified atom stereocenters. The minimum atomic E-state index is 0.453. The van der Waals surface area contributed by atoms with Crippen LogP contribution in [0.4, 0.5) is 0 Å². The zero-order valence-electron chi connectivity index (χ0n) is 7.41. The van der Waals surface area contributed by atoms with Crippen molar-refractivity contribution in [3.63, 3.8) is 0 Å². The Morgan fingerprint density at radius 3 is 2.40 bits per heavy atom. The van der Waals surface area contributed by atoms with E-state index in [1.807, 2.05) is 0 Å². The molecule has 1 heteroatoms. The predicted molar refractivity (Wildman–Crippen MR) is 45.1 cm³/mol. The Hall–Kier alpha value is -0.0400. The third-order valence-corrected chi connectivity index (χ3v) is 2.82. The molecule has 1 aliphatic carbocycles. The first kappa shape index (κ1) is 8.06. The van der Waals surface area contributed by atoms with Crippen LogP contribution in [0.3, 0.4) is 0 Å². The van der Waals surface area contributed by atoms with Gasteiger partial charge in [-0.1, -0.05) is 13.3 Å². The number of nitrogens with one attached hydrogen (secondary N) is 1. The lowest BCUT2D eigenvalue weighted by Gasteiger charge is -2.28. The lowest BCUT2D eigenvalue weighted by atomic mass is 9.91. The van der Waals surface area contributed by atoms with Gasteiger partial charge in [-0.25, -0.2) is 0 Å². The van der Waals surface area contributed by atoms with Crippen molar-refractivity contribution in [3.05, 3.63) is 0 Å². The normalized spacial score (nSPS) is 24.3. The Bertz CT molecular complexity index is 107. The van der Waals surface area contributed by atoms with Gasteiger partial charge in [-0.2, -0.15) is 0 Å². The van der Waals surface area contributed by atoms with Crippen LogP contribution in [-0.2, 0) is 0 Å². The molecule has 1 aliphatic rings. The van der Waals surface area contributed by atoms with E-state index in [1.165, 1.54) is 25.7 Å². The second kappa shape index (κ2) is 2.91. The Balaban J connectivity index is 2.39. The highest BCUT2D eigenvalue weighted by Gasteiger charge is 2.39. The fraction of sp³-hybridized carbons (Fsp3) is 1.00. The summed E-state index contributed by atoms with van der Waals surface area (Å²) in [6, 6.07) is 0. The molecule has 60 valence electrons. The van der Waals surface area contributed by atoms with Crippen LogP contribution in [0.2, 0.25) is 0 Å². The molecule has 1 atom stereocenters. The maximum atomic E-state index is 3.44. The van der Waals surface area contributed by atoms with Gasteiger partial charge < -0.3 is 5.32 Å². The van der Waals surface area contributed by atoms with Gasteiger partial charge in [0.15, 0.2) is 0 Å². The van der Waals surface area contributed by atoms with Crippen LogP contribution in [0.15, 0.2) is 0 Å². The Labute approximate surface area is 64.2 Å². The summed E-state index contributed by atoms with van der Waals surface area (Å²) in [5.41, 5.74) is 0.453. The van der Waals surface area contributed by atoms with Crippen LogP contribution in [-0.4, -0.2) is 12.6 Å². The average Bonchev–Trinajstić information content (AvgIpc) is 2.69. The Morgan fingerprint density at radius 2 is 2.10 bits per heavy atom. The maximum Gasteiger partial charge on any atom is 0.0178 e. The van der Waals surface area contributed by atoms with Crippen LogP contribution < -0.4 is 5.32 Å². The summed E-state index contributed by atoms with van der Waals surface area (Å²) in [5.74, 6) is 0.970. The third-order valence-electron chi connectivity index (χ3n) is 2.82. The zero-order valence-corrected chi connectivity index (χ0v) is 7.41. The fourth-order valence-corrected chi connectivity index (χ4v) is 1.77. The molecule has 1 saturated carbocycles. The smallest absolute Gasteiger partial charge is 0.0178 e. The van der Waals surface area contributed by atoms with Gasteiger partial charge in [-0.3, -0.25) is 0 Å². The van der Waals surface area contributed by atoms with Crippen molar-refractivity contribution in [2.24, 2.45) is 5.92 Å². The highest BCUT2D eigenvalue weighted by Crippen LogP contribution is 2.41. The molecule has 0 heterocycles. The van der Waals surface area contributed by atoms with E-state index in [2.05, 4.69) is 26.2 Å². The molecule has 0 aromatic heterocycles. The molecule has 0 bridgehead atoms. The molecule has 10 heavy (non-hydrogen) atoms. The standard InChI is InChI=1S/C9H19N/c1-4-7-9(2,10-3)8-5-6-8/h8,10H,4-7H2,1-3H3. The summed E-state index contributed by atoms with van der Waals surface area (Å²) >= 11 is 0. The molecular weight excluding hydrogens is 122 g/mol. The first-order chi connectivity index (χ1) is 4.73. The van der Waals surface area contributed by atoms with E-state index in [4.69, 9.17) is 0 Å². The Morgan fingerprint density at radius 1 is 1.50 bits per heavy atom. The van der Waals surface area contributed by atoms with Crippen molar-refractivity contribution in [2.75, 3.05) is 7.05 Å². The van der Waals surface area contributed by atoms with Gasteiger partial charge in [0.1, 0.15) is 0 Å². The predicted octanol–water partition coefficient (Wildman–Crippen LogP) is 2.17. The molecule has 0 saturated heterocycles. The highest BCUT2D eigenvalue weighted by atomic mass is 14.9. The lowest BCUT2D eigenvalue weighted by molar-refractivity contribution is 0.308. The summed E-state index contributed by atoms with van der Waals surface area (Å²) < 4.78 is 0. The van der Waals surface area contributed by atoms with E-state index in [-0.39, 0.29) is 0 Å². The van der Waals surface area contributed by atoms with Gasteiger partial charge in [0.25, 0.3) is 0 Å². The van der Waals surface area contributed by atoms with E-state index in [0.717, 1.165) is 5.92 Å². The molecule has 1 nitrogen and oxygen atoms in total. The molecule has 0 radical (unpaired) electrons. The minimum Gasteiger partial charge on any atom is -0.314 e. The molecule has 0 spiro atoms. The van der Waals surface area contributed by atoms with E-state index < -0.39 is 0 Å². The third kappa shape index (κ3) is 1.51. The van der Waals surface area contributed by atoms with Gasteiger partial charge in [0.05, 0.1) is 0 Å². The fourth-order valence-electron chi connectivity index (χ4n) is 1.77. The summed E-state index contributed by atoms with van der Waals surface area (Å²) in [6.45, 7) is 4.62.